The zero-order valence-corrected chi connectivity index (χ0v) is 16.9. The maximum absolute atomic E-state index is 13.7. The molecule has 3 aromatic rings. The van der Waals surface area contributed by atoms with Crippen molar-refractivity contribution in [2.24, 2.45) is 5.92 Å². The van der Waals surface area contributed by atoms with Gasteiger partial charge in [0.15, 0.2) is 16.1 Å². The van der Waals surface area contributed by atoms with E-state index in [-0.39, 0.29) is 17.3 Å². The fourth-order valence-electron chi connectivity index (χ4n) is 3.25. The van der Waals surface area contributed by atoms with Crippen LogP contribution in [0.4, 0.5) is 20.0 Å². The number of urea groups is 1. The second-order valence-corrected chi connectivity index (χ2v) is 8.92. The summed E-state index contributed by atoms with van der Waals surface area (Å²) in [7, 11) is 0. The summed E-state index contributed by atoms with van der Waals surface area (Å²) in [6.07, 6.45) is 8.62. The van der Waals surface area contributed by atoms with Crippen molar-refractivity contribution in [1.82, 2.24) is 15.0 Å². The van der Waals surface area contributed by atoms with E-state index in [1.165, 1.54) is 41.3 Å². The summed E-state index contributed by atoms with van der Waals surface area (Å²) in [6, 6.07) is 3.29. The molecule has 7 nitrogen and oxygen atoms in total. The van der Waals surface area contributed by atoms with Crippen LogP contribution in [0.1, 0.15) is 36.0 Å². The predicted octanol–water partition coefficient (Wildman–Crippen LogP) is 5.17. The standard InChI is InChI=1S/C19H18FN5O2S2/c20-12-5-6-14(13(9-12)16(26)11-3-1-2-4-11)24-17(27)25-19-23-10-15(29-19)28-18-21-7-8-22-18/h5-11H,1-4H2,(H,21,22)(H2,23,24,25,27). The normalized spacial score (nSPS) is 14.1. The average molecular weight is 432 g/mol. The number of benzene rings is 1. The van der Waals surface area contributed by atoms with Crippen LogP contribution in [0.15, 0.2) is 46.2 Å². The van der Waals surface area contributed by atoms with E-state index in [1.807, 2.05) is 0 Å². The number of nitrogens with one attached hydrogen (secondary N) is 3. The first-order valence-electron chi connectivity index (χ1n) is 9.13. The number of halogens is 1. The highest BCUT2D eigenvalue weighted by molar-refractivity contribution is 8.01. The molecule has 1 saturated carbocycles. The highest BCUT2D eigenvalue weighted by atomic mass is 32.2. The second-order valence-electron chi connectivity index (χ2n) is 6.60. The minimum atomic E-state index is -0.541. The van der Waals surface area contributed by atoms with Gasteiger partial charge in [-0.2, -0.15) is 0 Å². The number of carbonyl (C=O) groups is 2. The second kappa shape index (κ2) is 8.75. The van der Waals surface area contributed by atoms with E-state index in [1.54, 1.807) is 18.6 Å². The molecule has 1 fully saturated rings. The Hall–Kier alpha value is -2.72. The van der Waals surface area contributed by atoms with E-state index < -0.39 is 11.8 Å². The van der Waals surface area contributed by atoms with Gasteiger partial charge in [-0.25, -0.2) is 19.2 Å². The van der Waals surface area contributed by atoms with Gasteiger partial charge in [0.1, 0.15) is 5.82 Å². The lowest BCUT2D eigenvalue weighted by Crippen LogP contribution is -2.22. The van der Waals surface area contributed by atoms with Crippen LogP contribution >= 0.6 is 23.1 Å². The van der Waals surface area contributed by atoms with Gasteiger partial charge in [0.25, 0.3) is 0 Å². The number of anilines is 2. The molecule has 2 amide bonds. The molecule has 4 rings (SSSR count). The number of ketones is 1. The molecule has 0 spiro atoms. The third kappa shape index (κ3) is 4.83. The highest BCUT2D eigenvalue weighted by Crippen LogP contribution is 2.33. The van der Waals surface area contributed by atoms with Crippen LogP contribution in [0.25, 0.3) is 0 Å². The number of H-pyrrole nitrogens is 1. The quantitative estimate of drug-likeness (QED) is 0.467. The lowest BCUT2D eigenvalue weighted by Gasteiger charge is -2.14. The molecule has 0 atom stereocenters. The lowest BCUT2D eigenvalue weighted by atomic mass is 9.95. The number of aromatic amines is 1. The van der Waals surface area contributed by atoms with Gasteiger partial charge in [0.2, 0.25) is 0 Å². The van der Waals surface area contributed by atoms with Crippen molar-refractivity contribution in [1.29, 1.82) is 0 Å². The van der Waals surface area contributed by atoms with E-state index in [9.17, 15) is 14.0 Å². The number of hydrogen-bond acceptors (Lipinski definition) is 6. The number of carbonyl (C=O) groups excluding carboxylic acids is 2. The van der Waals surface area contributed by atoms with Gasteiger partial charge in [0, 0.05) is 23.9 Å². The van der Waals surface area contributed by atoms with Crippen LogP contribution < -0.4 is 10.6 Å². The fraction of sp³-hybridized carbons (Fsp3) is 0.263. The van der Waals surface area contributed by atoms with Crippen molar-refractivity contribution in [2.45, 2.75) is 35.0 Å². The highest BCUT2D eigenvalue weighted by Gasteiger charge is 2.26. The van der Waals surface area contributed by atoms with Crippen LogP contribution in [0.5, 0.6) is 0 Å². The van der Waals surface area contributed by atoms with Crippen LogP contribution in [-0.4, -0.2) is 26.8 Å². The molecule has 0 aliphatic heterocycles. The molecule has 0 radical (unpaired) electrons. The third-order valence-corrected chi connectivity index (χ3v) is 6.53. The predicted molar refractivity (Wildman–Crippen MR) is 110 cm³/mol. The minimum absolute atomic E-state index is 0.111. The van der Waals surface area contributed by atoms with Gasteiger partial charge < -0.3 is 10.3 Å². The number of rotatable bonds is 6. The van der Waals surface area contributed by atoms with Gasteiger partial charge in [-0.15, -0.1) is 0 Å². The Bertz CT molecular complexity index is 1020. The van der Waals surface area contributed by atoms with Gasteiger partial charge in [0.05, 0.1) is 16.1 Å². The van der Waals surface area contributed by atoms with Gasteiger partial charge in [-0.05, 0) is 42.8 Å². The van der Waals surface area contributed by atoms with Crippen LogP contribution in [0, 0.1) is 11.7 Å². The molecule has 0 bridgehead atoms. The number of thiazole rings is 1. The first kappa shape index (κ1) is 19.6. The molecule has 2 aromatic heterocycles. The molecule has 1 aromatic carbocycles. The number of imidazole rings is 1. The van der Waals surface area contributed by atoms with Gasteiger partial charge in [-0.1, -0.05) is 24.2 Å². The fourth-order valence-corrected chi connectivity index (χ4v) is 4.98. The molecule has 0 unspecified atom stereocenters. The van der Waals surface area contributed by atoms with Gasteiger partial charge >= 0.3 is 6.03 Å². The zero-order chi connectivity index (χ0) is 20.2. The number of amides is 2. The van der Waals surface area contributed by atoms with Crippen molar-refractivity contribution in [3.05, 3.63) is 48.2 Å². The Morgan fingerprint density at radius 1 is 1.21 bits per heavy atom. The van der Waals surface area contributed by atoms with Crippen molar-refractivity contribution in [3.8, 4) is 0 Å². The van der Waals surface area contributed by atoms with E-state index in [4.69, 9.17) is 0 Å². The maximum atomic E-state index is 13.7. The number of hydrogen-bond donors (Lipinski definition) is 3. The zero-order valence-electron chi connectivity index (χ0n) is 15.3. The smallest absolute Gasteiger partial charge is 0.325 e. The molecule has 1 aliphatic rings. The molecule has 10 heteroatoms. The Morgan fingerprint density at radius 2 is 2.03 bits per heavy atom. The van der Waals surface area contributed by atoms with Crippen LogP contribution in [0.3, 0.4) is 0 Å². The first-order valence-corrected chi connectivity index (χ1v) is 10.8. The summed E-state index contributed by atoms with van der Waals surface area (Å²) in [5.41, 5.74) is 0.503. The summed E-state index contributed by atoms with van der Waals surface area (Å²) < 4.78 is 14.6. The summed E-state index contributed by atoms with van der Waals surface area (Å²) in [4.78, 5) is 36.4. The molecular formula is C19H18FN5O2S2. The molecular weight excluding hydrogens is 413 g/mol. The van der Waals surface area contributed by atoms with E-state index in [2.05, 4.69) is 25.6 Å². The van der Waals surface area contributed by atoms with Gasteiger partial charge in [-0.3, -0.25) is 10.1 Å². The van der Waals surface area contributed by atoms with Crippen molar-refractivity contribution in [2.75, 3.05) is 10.6 Å². The number of Topliss-reactive ketones (excluding diaryl/α,β-unsaturated/α-hetero) is 1. The lowest BCUT2D eigenvalue weighted by molar-refractivity contribution is 0.0923. The summed E-state index contributed by atoms with van der Waals surface area (Å²) in [5.74, 6) is -0.735. The Balaban J connectivity index is 1.43. The Morgan fingerprint density at radius 3 is 2.79 bits per heavy atom. The van der Waals surface area contributed by atoms with Crippen molar-refractivity contribution in [3.63, 3.8) is 0 Å². The van der Waals surface area contributed by atoms with Crippen molar-refractivity contribution < 1.29 is 14.0 Å². The molecule has 1 aliphatic carbocycles. The summed E-state index contributed by atoms with van der Waals surface area (Å²) in [6.45, 7) is 0. The molecule has 29 heavy (non-hydrogen) atoms. The summed E-state index contributed by atoms with van der Waals surface area (Å²) >= 11 is 2.70. The average Bonchev–Trinajstić information content (AvgIpc) is 3.46. The van der Waals surface area contributed by atoms with E-state index >= 15 is 0 Å². The van der Waals surface area contributed by atoms with Crippen LogP contribution in [0.2, 0.25) is 0 Å². The molecule has 3 N–H and O–H groups in total. The summed E-state index contributed by atoms with van der Waals surface area (Å²) in [5, 5.41) is 6.43. The molecule has 2 heterocycles. The third-order valence-electron chi connectivity index (χ3n) is 4.60. The Kier molecular flexibility index (Phi) is 5.91. The van der Waals surface area contributed by atoms with E-state index in [0.717, 1.165) is 35.0 Å². The number of aromatic nitrogens is 3. The van der Waals surface area contributed by atoms with Crippen LogP contribution in [-0.2, 0) is 0 Å². The Labute approximate surface area is 174 Å². The topological polar surface area (TPSA) is 99.8 Å². The van der Waals surface area contributed by atoms with Crippen molar-refractivity contribution >= 4 is 45.7 Å². The monoisotopic (exact) mass is 431 g/mol. The molecule has 150 valence electrons. The van der Waals surface area contributed by atoms with E-state index in [0.29, 0.717) is 10.8 Å². The number of nitrogens with zero attached hydrogens (tertiary/aromatic N) is 2. The molecule has 0 saturated heterocycles. The largest absolute Gasteiger partial charge is 0.339 e. The maximum Gasteiger partial charge on any atom is 0.325 e. The minimum Gasteiger partial charge on any atom is -0.339 e. The SMILES string of the molecule is O=C(Nc1ncc(Sc2ncc[nH]2)s1)Nc1ccc(F)cc1C(=O)C1CCCC1. The first-order chi connectivity index (χ1) is 14.1.